The van der Waals surface area contributed by atoms with Crippen molar-refractivity contribution >= 4 is 17.2 Å². The van der Waals surface area contributed by atoms with E-state index in [2.05, 4.69) is 20.5 Å². The van der Waals surface area contributed by atoms with Crippen LogP contribution in [0.1, 0.15) is 21.9 Å². The first kappa shape index (κ1) is 15.2. The summed E-state index contributed by atoms with van der Waals surface area (Å²) in [5, 5.41) is 10.1. The number of nitrogens with one attached hydrogen (secondary N) is 1. The smallest absolute Gasteiger partial charge is 0.259 e. The van der Waals surface area contributed by atoms with Crippen LogP contribution in [-0.4, -0.2) is 21.1 Å². The number of hydrogen-bond acceptors (Lipinski definition) is 6. The number of nitrogens with zero attached hydrogens (tertiary/aromatic N) is 3. The molecule has 0 spiro atoms. The van der Waals surface area contributed by atoms with Crippen molar-refractivity contribution in [1.29, 1.82) is 0 Å². The Morgan fingerprint density at radius 3 is 2.91 bits per heavy atom. The molecule has 3 aromatic rings. The zero-order valence-electron chi connectivity index (χ0n) is 11.8. The summed E-state index contributed by atoms with van der Waals surface area (Å²) in [5.74, 6) is -2.60. The van der Waals surface area contributed by atoms with Crippen molar-refractivity contribution < 1.29 is 18.0 Å². The topological polar surface area (TPSA) is 80.9 Å². The number of hydrogen-bond donors (Lipinski definition) is 1. The predicted octanol–water partition coefficient (Wildman–Crippen LogP) is 2.71. The van der Waals surface area contributed by atoms with Gasteiger partial charge in [-0.2, -0.15) is 0 Å². The molecule has 2 aromatic heterocycles. The summed E-state index contributed by atoms with van der Waals surface area (Å²) < 4.78 is 32.0. The van der Waals surface area contributed by atoms with Crippen LogP contribution in [0.5, 0.6) is 0 Å². The monoisotopic (exact) mass is 336 g/mol. The third-order valence-electron chi connectivity index (χ3n) is 3.00. The van der Waals surface area contributed by atoms with E-state index < -0.39 is 17.5 Å². The molecule has 0 atom stereocenters. The van der Waals surface area contributed by atoms with Gasteiger partial charge in [0.15, 0.2) is 11.6 Å². The molecule has 0 aliphatic carbocycles. The normalized spacial score (nSPS) is 10.7. The standard InChI is InChI=1S/C14H10F2N4O2S/c1-7-12(23-6-18-7)14-20-19-10(22-14)5-17-13(21)8-3-2-4-9(15)11(8)16/h2-4,6H,5H2,1H3,(H,17,21). The highest BCUT2D eigenvalue weighted by atomic mass is 32.1. The number of amides is 1. The SMILES string of the molecule is Cc1ncsc1-c1nnc(CNC(=O)c2cccc(F)c2F)o1. The Balaban J connectivity index is 1.69. The van der Waals surface area contributed by atoms with E-state index >= 15 is 0 Å². The first-order valence-electron chi connectivity index (χ1n) is 6.51. The van der Waals surface area contributed by atoms with E-state index in [1.54, 1.807) is 5.51 Å². The van der Waals surface area contributed by atoms with Gasteiger partial charge in [0.05, 0.1) is 23.3 Å². The molecule has 0 bridgehead atoms. The second-order valence-electron chi connectivity index (χ2n) is 4.55. The van der Waals surface area contributed by atoms with Crippen molar-refractivity contribution in [2.45, 2.75) is 13.5 Å². The molecule has 23 heavy (non-hydrogen) atoms. The minimum Gasteiger partial charge on any atom is -0.418 e. The molecular weight excluding hydrogens is 326 g/mol. The van der Waals surface area contributed by atoms with Crippen LogP contribution < -0.4 is 5.32 Å². The van der Waals surface area contributed by atoms with Gasteiger partial charge >= 0.3 is 0 Å². The maximum atomic E-state index is 13.5. The lowest BCUT2D eigenvalue weighted by molar-refractivity contribution is 0.0942. The van der Waals surface area contributed by atoms with Crippen LogP contribution in [0.3, 0.4) is 0 Å². The van der Waals surface area contributed by atoms with Crippen LogP contribution in [0.2, 0.25) is 0 Å². The molecule has 6 nitrogen and oxygen atoms in total. The lowest BCUT2D eigenvalue weighted by Crippen LogP contribution is -2.24. The van der Waals surface area contributed by atoms with E-state index in [4.69, 9.17) is 4.42 Å². The van der Waals surface area contributed by atoms with Gasteiger partial charge in [0.1, 0.15) is 4.88 Å². The Hall–Kier alpha value is -2.68. The summed E-state index contributed by atoms with van der Waals surface area (Å²) in [7, 11) is 0. The fourth-order valence-electron chi connectivity index (χ4n) is 1.85. The highest BCUT2D eigenvalue weighted by Crippen LogP contribution is 2.25. The van der Waals surface area contributed by atoms with Gasteiger partial charge in [0.2, 0.25) is 5.89 Å². The lowest BCUT2D eigenvalue weighted by Gasteiger charge is -2.04. The summed E-state index contributed by atoms with van der Waals surface area (Å²) in [6.07, 6.45) is 0. The Morgan fingerprint density at radius 2 is 2.17 bits per heavy atom. The summed E-state index contributed by atoms with van der Waals surface area (Å²) in [5.41, 5.74) is 2.03. The number of thiazole rings is 1. The molecule has 1 N–H and O–H groups in total. The lowest BCUT2D eigenvalue weighted by atomic mass is 10.2. The van der Waals surface area contributed by atoms with Gasteiger partial charge in [-0.05, 0) is 19.1 Å². The number of aromatic nitrogens is 3. The largest absolute Gasteiger partial charge is 0.418 e. The second kappa shape index (κ2) is 6.21. The number of rotatable bonds is 4. The average molecular weight is 336 g/mol. The number of carbonyl (C=O) groups excluding carboxylic acids is 1. The van der Waals surface area contributed by atoms with Crippen molar-refractivity contribution in [3.05, 3.63) is 52.5 Å². The molecule has 0 aliphatic rings. The van der Waals surface area contributed by atoms with Crippen LogP contribution in [0.4, 0.5) is 8.78 Å². The van der Waals surface area contributed by atoms with E-state index in [9.17, 15) is 13.6 Å². The van der Waals surface area contributed by atoms with Crippen molar-refractivity contribution in [3.63, 3.8) is 0 Å². The van der Waals surface area contributed by atoms with E-state index in [-0.39, 0.29) is 18.0 Å². The van der Waals surface area contributed by atoms with Gasteiger partial charge in [-0.15, -0.1) is 21.5 Å². The van der Waals surface area contributed by atoms with E-state index in [0.717, 1.165) is 16.6 Å². The molecule has 1 aromatic carbocycles. The first-order chi connectivity index (χ1) is 11.1. The second-order valence-corrected chi connectivity index (χ2v) is 5.41. The maximum absolute atomic E-state index is 13.5. The number of benzene rings is 1. The van der Waals surface area contributed by atoms with E-state index in [1.807, 2.05) is 6.92 Å². The highest BCUT2D eigenvalue weighted by Gasteiger charge is 2.17. The van der Waals surface area contributed by atoms with Crippen molar-refractivity contribution in [1.82, 2.24) is 20.5 Å². The molecule has 0 aliphatic heterocycles. The maximum Gasteiger partial charge on any atom is 0.259 e. The molecule has 0 saturated carbocycles. The molecule has 1 amide bonds. The highest BCUT2D eigenvalue weighted by molar-refractivity contribution is 7.13. The van der Waals surface area contributed by atoms with Gasteiger partial charge in [-0.25, -0.2) is 13.8 Å². The molecular formula is C14H10F2N4O2S. The summed E-state index contributed by atoms with van der Waals surface area (Å²) in [4.78, 5) is 16.7. The van der Waals surface area contributed by atoms with Crippen LogP contribution >= 0.6 is 11.3 Å². The van der Waals surface area contributed by atoms with Gasteiger partial charge in [0, 0.05) is 0 Å². The summed E-state index contributed by atoms with van der Waals surface area (Å²) >= 11 is 1.35. The third kappa shape index (κ3) is 3.09. The summed E-state index contributed by atoms with van der Waals surface area (Å²) in [6, 6.07) is 3.38. The fraction of sp³-hybridized carbons (Fsp3) is 0.143. The molecule has 2 heterocycles. The number of aryl methyl sites for hydroxylation is 1. The molecule has 0 saturated heterocycles. The Labute approximate surface area is 133 Å². The van der Waals surface area contributed by atoms with Crippen LogP contribution in [0.15, 0.2) is 28.1 Å². The first-order valence-corrected chi connectivity index (χ1v) is 7.39. The van der Waals surface area contributed by atoms with Gasteiger partial charge in [0.25, 0.3) is 11.8 Å². The quantitative estimate of drug-likeness (QED) is 0.792. The molecule has 0 radical (unpaired) electrons. The van der Waals surface area contributed by atoms with Crippen molar-refractivity contribution in [2.24, 2.45) is 0 Å². The minimum absolute atomic E-state index is 0.0976. The molecule has 9 heteroatoms. The van der Waals surface area contributed by atoms with E-state index in [1.165, 1.54) is 23.5 Å². The molecule has 118 valence electrons. The Bertz CT molecular complexity index is 862. The van der Waals surface area contributed by atoms with Crippen LogP contribution in [0, 0.1) is 18.6 Å². The zero-order valence-corrected chi connectivity index (χ0v) is 12.7. The molecule has 0 unspecified atom stereocenters. The summed E-state index contributed by atoms with van der Waals surface area (Å²) in [6.45, 7) is 1.71. The van der Waals surface area contributed by atoms with Gasteiger partial charge < -0.3 is 9.73 Å². The minimum atomic E-state index is -1.20. The number of carbonyl (C=O) groups is 1. The van der Waals surface area contributed by atoms with Gasteiger partial charge in [-0.1, -0.05) is 6.07 Å². The Kier molecular flexibility index (Phi) is 4.11. The van der Waals surface area contributed by atoms with Crippen molar-refractivity contribution in [3.8, 4) is 10.8 Å². The zero-order chi connectivity index (χ0) is 16.4. The van der Waals surface area contributed by atoms with Crippen LogP contribution in [-0.2, 0) is 6.54 Å². The van der Waals surface area contributed by atoms with E-state index in [0.29, 0.717) is 5.89 Å². The van der Waals surface area contributed by atoms with Crippen molar-refractivity contribution in [2.75, 3.05) is 0 Å². The fourth-order valence-corrected chi connectivity index (χ4v) is 2.58. The number of halogens is 2. The van der Waals surface area contributed by atoms with Crippen LogP contribution in [0.25, 0.3) is 10.8 Å². The molecule has 0 fully saturated rings. The third-order valence-corrected chi connectivity index (χ3v) is 3.92. The Morgan fingerprint density at radius 1 is 1.35 bits per heavy atom. The van der Waals surface area contributed by atoms with Gasteiger partial charge in [-0.3, -0.25) is 4.79 Å². The molecule has 3 rings (SSSR count). The predicted molar refractivity (Wildman–Crippen MR) is 77.7 cm³/mol. The average Bonchev–Trinajstić information content (AvgIpc) is 3.16.